The lowest BCUT2D eigenvalue weighted by molar-refractivity contribution is -0.122. The average Bonchev–Trinajstić information content (AvgIpc) is 3.10. The summed E-state index contributed by atoms with van der Waals surface area (Å²) in [4.78, 5) is 23.8. The number of allylic oxidation sites excluding steroid dienone is 1. The Hall–Kier alpha value is -3.03. The molecule has 0 spiro atoms. The van der Waals surface area contributed by atoms with Crippen LogP contribution in [0.25, 0.3) is 5.69 Å². The lowest BCUT2D eigenvalue weighted by Crippen LogP contribution is -2.46. The van der Waals surface area contributed by atoms with Crippen LogP contribution in [0.5, 0.6) is 0 Å². The number of primary amides is 1. The van der Waals surface area contributed by atoms with E-state index in [9.17, 15) is 9.59 Å². The van der Waals surface area contributed by atoms with Crippen molar-refractivity contribution < 1.29 is 9.59 Å². The van der Waals surface area contributed by atoms with E-state index in [4.69, 9.17) is 5.73 Å². The minimum atomic E-state index is -0.395. The van der Waals surface area contributed by atoms with Crippen molar-refractivity contribution in [3.8, 4) is 5.69 Å². The normalized spacial score (nSPS) is 20.2. The molecule has 2 aromatic rings. The molecule has 0 saturated heterocycles. The first-order valence-corrected chi connectivity index (χ1v) is 7.24. The van der Waals surface area contributed by atoms with Crippen molar-refractivity contribution in [2.45, 2.75) is 18.9 Å². The van der Waals surface area contributed by atoms with Gasteiger partial charge < -0.3 is 11.1 Å². The Bertz CT molecular complexity index is 723. The smallest absolute Gasteiger partial charge is 0.251 e. The van der Waals surface area contributed by atoms with Crippen LogP contribution in [0, 0.1) is 5.92 Å². The largest absolute Gasteiger partial charge is 0.369 e. The summed E-state index contributed by atoms with van der Waals surface area (Å²) in [6, 6.07) is 6.59. The summed E-state index contributed by atoms with van der Waals surface area (Å²) in [7, 11) is 0. The van der Waals surface area contributed by atoms with Crippen molar-refractivity contribution in [2.75, 3.05) is 0 Å². The number of nitrogens with zero attached hydrogens (tertiary/aromatic N) is 4. The van der Waals surface area contributed by atoms with E-state index in [2.05, 4.69) is 20.8 Å². The second-order valence-corrected chi connectivity index (χ2v) is 5.33. The van der Waals surface area contributed by atoms with E-state index < -0.39 is 5.91 Å². The first kappa shape index (κ1) is 14.9. The number of aromatic nitrogens is 4. The summed E-state index contributed by atoms with van der Waals surface area (Å²) < 4.78 is 1.50. The molecule has 0 fully saturated rings. The Morgan fingerprint density at radius 2 is 1.91 bits per heavy atom. The average molecular weight is 312 g/mol. The minimum Gasteiger partial charge on any atom is -0.369 e. The molecule has 1 aliphatic rings. The predicted octanol–water partition coefficient (Wildman–Crippen LogP) is 0.212. The van der Waals surface area contributed by atoms with Crippen LogP contribution in [-0.4, -0.2) is 38.1 Å². The zero-order valence-corrected chi connectivity index (χ0v) is 12.3. The molecule has 0 radical (unpaired) electrons. The van der Waals surface area contributed by atoms with Crippen LogP contribution in [0.15, 0.2) is 42.7 Å². The minimum absolute atomic E-state index is 0.236. The summed E-state index contributed by atoms with van der Waals surface area (Å²) in [5.74, 6) is -1.00. The first-order valence-electron chi connectivity index (χ1n) is 7.24. The van der Waals surface area contributed by atoms with E-state index in [1.807, 2.05) is 12.2 Å². The fourth-order valence-corrected chi connectivity index (χ4v) is 2.59. The molecule has 2 atom stereocenters. The Morgan fingerprint density at radius 1 is 1.17 bits per heavy atom. The van der Waals surface area contributed by atoms with Gasteiger partial charge in [-0.2, -0.15) is 0 Å². The number of hydrogen-bond donors (Lipinski definition) is 2. The first-order chi connectivity index (χ1) is 11.1. The molecule has 0 bridgehead atoms. The Kier molecular flexibility index (Phi) is 4.13. The third-order valence-corrected chi connectivity index (χ3v) is 3.86. The molecular formula is C15H16N6O2. The van der Waals surface area contributed by atoms with Crippen LogP contribution < -0.4 is 11.1 Å². The van der Waals surface area contributed by atoms with Gasteiger partial charge in [0.15, 0.2) is 0 Å². The molecule has 1 heterocycles. The van der Waals surface area contributed by atoms with Crippen LogP contribution in [-0.2, 0) is 4.79 Å². The van der Waals surface area contributed by atoms with Crippen LogP contribution in [0.4, 0.5) is 0 Å². The summed E-state index contributed by atoms with van der Waals surface area (Å²) >= 11 is 0. The predicted molar refractivity (Wildman–Crippen MR) is 81.5 cm³/mol. The zero-order valence-electron chi connectivity index (χ0n) is 12.3. The van der Waals surface area contributed by atoms with Crippen molar-refractivity contribution in [2.24, 2.45) is 11.7 Å². The molecule has 3 N–H and O–H groups in total. The van der Waals surface area contributed by atoms with Gasteiger partial charge in [-0.05, 0) is 47.5 Å². The molecular weight excluding hydrogens is 296 g/mol. The number of carbonyl (C=O) groups is 2. The van der Waals surface area contributed by atoms with Gasteiger partial charge >= 0.3 is 0 Å². The summed E-state index contributed by atoms with van der Waals surface area (Å²) in [6.07, 6.45) is 6.49. The third-order valence-electron chi connectivity index (χ3n) is 3.86. The number of benzene rings is 1. The molecule has 0 aliphatic heterocycles. The highest BCUT2D eigenvalue weighted by Crippen LogP contribution is 2.19. The van der Waals surface area contributed by atoms with Crippen LogP contribution in [0.3, 0.4) is 0 Å². The van der Waals surface area contributed by atoms with Gasteiger partial charge in [-0.3, -0.25) is 9.59 Å². The van der Waals surface area contributed by atoms with Crippen LogP contribution >= 0.6 is 0 Å². The molecule has 3 rings (SSSR count). The van der Waals surface area contributed by atoms with E-state index in [0.29, 0.717) is 18.4 Å². The fourth-order valence-electron chi connectivity index (χ4n) is 2.59. The molecule has 118 valence electrons. The number of carbonyl (C=O) groups excluding carboxylic acids is 2. The number of tetrazole rings is 1. The van der Waals surface area contributed by atoms with Gasteiger partial charge in [-0.1, -0.05) is 12.2 Å². The molecule has 0 saturated carbocycles. The van der Waals surface area contributed by atoms with Gasteiger partial charge in [0.2, 0.25) is 5.91 Å². The van der Waals surface area contributed by atoms with Crippen LogP contribution in [0.2, 0.25) is 0 Å². The maximum absolute atomic E-state index is 12.3. The fraction of sp³-hybridized carbons (Fsp3) is 0.267. The van der Waals surface area contributed by atoms with Gasteiger partial charge in [-0.25, -0.2) is 4.68 Å². The third kappa shape index (κ3) is 3.25. The van der Waals surface area contributed by atoms with E-state index in [-0.39, 0.29) is 17.9 Å². The zero-order chi connectivity index (χ0) is 16.2. The van der Waals surface area contributed by atoms with Gasteiger partial charge in [0.05, 0.1) is 11.6 Å². The van der Waals surface area contributed by atoms with Gasteiger partial charge in [0.1, 0.15) is 6.33 Å². The number of nitrogens with one attached hydrogen (secondary N) is 1. The van der Waals surface area contributed by atoms with Crippen LogP contribution in [0.1, 0.15) is 23.2 Å². The van der Waals surface area contributed by atoms with E-state index in [0.717, 1.165) is 5.69 Å². The molecule has 1 aromatic carbocycles. The van der Waals surface area contributed by atoms with E-state index in [1.54, 1.807) is 24.3 Å². The van der Waals surface area contributed by atoms with Crippen molar-refractivity contribution in [3.63, 3.8) is 0 Å². The lowest BCUT2D eigenvalue weighted by Gasteiger charge is -2.26. The quantitative estimate of drug-likeness (QED) is 0.783. The van der Waals surface area contributed by atoms with E-state index >= 15 is 0 Å². The maximum Gasteiger partial charge on any atom is 0.251 e. The Morgan fingerprint density at radius 3 is 2.57 bits per heavy atom. The summed E-state index contributed by atoms with van der Waals surface area (Å²) in [6.45, 7) is 0. The number of nitrogens with two attached hydrogens (primary N) is 1. The van der Waals surface area contributed by atoms with Crippen molar-refractivity contribution >= 4 is 11.8 Å². The Balaban J connectivity index is 1.70. The number of hydrogen-bond acceptors (Lipinski definition) is 5. The second-order valence-electron chi connectivity index (χ2n) is 5.33. The molecule has 0 unspecified atom stereocenters. The second kappa shape index (κ2) is 6.39. The highest BCUT2D eigenvalue weighted by atomic mass is 16.2. The maximum atomic E-state index is 12.3. The molecule has 23 heavy (non-hydrogen) atoms. The monoisotopic (exact) mass is 312 g/mol. The van der Waals surface area contributed by atoms with Gasteiger partial charge in [0, 0.05) is 11.6 Å². The SMILES string of the molecule is NC(=O)[C@@H]1CC=CC[C@H]1NC(=O)c1ccc(-n2cnnn2)cc1. The molecule has 8 heteroatoms. The lowest BCUT2D eigenvalue weighted by atomic mass is 9.88. The highest BCUT2D eigenvalue weighted by molar-refractivity contribution is 5.95. The topological polar surface area (TPSA) is 116 Å². The van der Waals surface area contributed by atoms with E-state index in [1.165, 1.54) is 11.0 Å². The van der Waals surface area contributed by atoms with Crippen molar-refractivity contribution in [1.29, 1.82) is 0 Å². The summed E-state index contributed by atoms with van der Waals surface area (Å²) in [5.41, 5.74) is 6.65. The summed E-state index contributed by atoms with van der Waals surface area (Å²) in [5, 5.41) is 13.8. The standard InChI is InChI=1S/C15H16N6O2/c16-14(22)12-3-1-2-4-13(12)18-15(23)10-5-7-11(8-6-10)21-9-17-19-20-21/h1-2,5-9,12-13H,3-4H2,(H2,16,22)(H,18,23)/t12-,13-/m1/s1. The molecule has 2 amide bonds. The number of rotatable bonds is 4. The van der Waals surface area contributed by atoms with Crippen molar-refractivity contribution in [1.82, 2.24) is 25.5 Å². The Labute approximate surface area is 132 Å². The molecule has 1 aromatic heterocycles. The van der Waals surface area contributed by atoms with Crippen molar-refractivity contribution in [3.05, 3.63) is 48.3 Å². The molecule has 1 aliphatic carbocycles. The molecule has 8 nitrogen and oxygen atoms in total. The van der Waals surface area contributed by atoms with Gasteiger partial charge in [-0.15, -0.1) is 5.10 Å². The highest BCUT2D eigenvalue weighted by Gasteiger charge is 2.28. The number of amides is 2. The van der Waals surface area contributed by atoms with Gasteiger partial charge in [0.25, 0.3) is 5.91 Å².